The number of benzene rings is 1. The van der Waals surface area contributed by atoms with Gasteiger partial charge in [0.15, 0.2) is 0 Å². The van der Waals surface area contributed by atoms with E-state index >= 15 is 0 Å². The van der Waals surface area contributed by atoms with Gasteiger partial charge in [0.1, 0.15) is 5.82 Å². The summed E-state index contributed by atoms with van der Waals surface area (Å²) in [5.74, 6) is 1.48. The van der Waals surface area contributed by atoms with Crippen molar-refractivity contribution in [2.45, 2.75) is 32.1 Å². The lowest BCUT2D eigenvalue weighted by atomic mass is 9.42. The predicted octanol–water partition coefficient (Wildman–Crippen LogP) is 3.73. The highest BCUT2D eigenvalue weighted by Gasteiger charge is 2.56. The predicted molar refractivity (Wildman–Crippen MR) is 54.6 cm³/mol. The fraction of sp³-hybridized carbons (Fsp3) is 0.538. The zero-order valence-corrected chi connectivity index (χ0v) is 8.46. The first-order chi connectivity index (χ1) is 6.69. The molecule has 0 heterocycles. The number of hydrogen-bond donors (Lipinski definition) is 0. The van der Waals surface area contributed by atoms with E-state index in [0.717, 1.165) is 5.92 Å². The second-order valence-corrected chi connectivity index (χ2v) is 5.16. The smallest absolute Gasteiger partial charge is 0.123 e. The number of fused-ring (bicyclic) bond motifs is 1. The van der Waals surface area contributed by atoms with E-state index in [-0.39, 0.29) is 5.82 Å². The maximum Gasteiger partial charge on any atom is 0.123 e. The molecule has 2 aliphatic carbocycles. The third-order valence-corrected chi connectivity index (χ3v) is 4.39. The van der Waals surface area contributed by atoms with Gasteiger partial charge in [-0.05, 0) is 54.2 Å². The summed E-state index contributed by atoms with van der Waals surface area (Å²) in [6.07, 6.45) is 4.08. The van der Waals surface area contributed by atoms with Crippen LogP contribution >= 0.6 is 0 Å². The van der Waals surface area contributed by atoms with E-state index in [1.807, 2.05) is 12.1 Å². The Balaban J connectivity index is 1.82. The fourth-order valence-corrected chi connectivity index (χ4v) is 3.29. The molecule has 14 heavy (non-hydrogen) atoms. The van der Waals surface area contributed by atoms with Crippen LogP contribution < -0.4 is 0 Å². The van der Waals surface area contributed by atoms with E-state index in [2.05, 4.69) is 6.92 Å². The van der Waals surface area contributed by atoms with Crippen LogP contribution in [0.1, 0.15) is 37.7 Å². The SMILES string of the molecule is CC12CCC1C(c1ccc(F)cc1)C2. The van der Waals surface area contributed by atoms with E-state index in [1.54, 1.807) is 12.1 Å². The van der Waals surface area contributed by atoms with Gasteiger partial charge < -0.3 is 0 Å². The molecular formula is C13H15F. The van der Waals surface area contributed by atoms with Gasteiger partial charge in [-0.1, -0.05) is 19.1 Å². The number of hydrogen-bond acceptors (Lipinski definition) is 0. The zero-order valence-electron chi connectivity index (χ0n) is 8.46. The molecule has 3 rings (SSSR count). The quantitative estimate of drug-likeness (QED) is 0.633. The topological polar surface area (TPSA) is 0 Å². The van der Waals surface area contributed by atoms with Crippen LogP contribution in [0.4, 0.5) is 4.39 Å². The summed E-state index contributed by atoms with van der Waals surface area (Å²) in [6.45, 7) is 2.39. The van der Waals surface area contributed by atoms with Crippen molar-refractivity contribution in [1.29, 1.82) is 0 Å². The van der Waals surface area contributed by atoms with Crippen LogP contribution in [0.15, 0.2) is 24.3 Å². The molecule has 0 bridgehead atoms. The average Bonchev–Trinajstić information content (AvgIpc) is 2.17. The normalized spacial score (nSPS) is 39.6. The minimum Gasteiger partial charge on any atom is -0.207 e. The molecule has 0 radical (unpaired) electrons. The minimum absolute atomic E-state index is 0.121. The van der Waals surface area contributed by atoms with Crippen molar-refractivity contribution < 1.29 is 4.39 Å². The molecule has 1 heteroatoms. The fourth-order valence-electron chi connectivity index (χ4n) is 3.29. The molecule has 2 aliphatic rings. The van der Waals surface area contributed by atoms with Crippen LogP contribution in [0.3, 0.4) is 0 Å². The lowest BCUT2D eigenvalue weighted by molar-refractivity contribution is -0.0821. The highest BCUT2D eigenvalue weighted by atomic mass is 19.1. The Kier molecular flexibility index (Phi) is 1.56. The lowest BCUT2D eigenvalue weighted by Gasteiger charge is -2.62. The molecule has 1 aromatic carbocycles. The Hall–Kier alpha value is -0.850. The molecule has 0 aromatic heterocycles. The van der Waals surface area contributed by atoms with Crippen LogP contribution in [0, 0.1) is 17.2 Å². The van der Waals surface area contributed by atoms with Crippen molar-refractivity contribution in [3.8, 4) is 0 Å². The summed E-state index contributed by atoms with van der Waals surface area (Å²) in [5, 5.41) is 0. The van der Waals surface area contributed by atoms with Crippen molar-refractivity contribution in [3.63, 3.8) is 0 Å². The van der Waals surface area contributed by atoms with Gasteiger partial charge in [0, 0.05) is 0 Å². The van der Waals surface area contributed by atoms with Gasteiger partial charge in [0.2, 0.25) is 0 Å². The molecule has 0 nitrogen and oxygen atoms in total. The van der Waals surface area contributed by atoms with E-state index in [1.165, 1.54) is 24.8 Å². The average molecular weight is 190 g/mol. The Morgan fingerprint density at radius 2 is 2.00 bits per heavy atom. The lowest BCUT2D eigenvalue weighted by Crippen LogP contribution is -2.51. The first-order valence-electron chi connectivity index (χ1n) is 5.44. The summed E-state index contributed by atoms with van der Waals surface area (Å²) < 4.78 is 12.7. The third kappa shape index (κ3) is 0.985. The number of rotatable bonds is 1. The molecule has 3 unspecified atom stereocenters. The third-order valence-electron chi connectivity index (χ3n) is 4.39. The van der Waals surface area contributed by atoms with Gasteiger partial charge in [0.05, 0.1) is 0 Å². The van der Waals surface area contributed by atoms with E-state index < -0.39 is 0 Å². The van der Waals surface area contributed by atoms with Gasteiger partial charge in [-0.15, -0.1) is 0 Å². The minimum atomic E-state index is -0.121. The second kappa shape index (κ2) is 2.59. The Bertz CT molecular complexity index is 354. The van der Waals surface area contributed by atoms with Crippen molar-refractivity contribution in [2.75, 3.05) is 0 Å². The zero-order chi connectivity index (χ0) is 9.76. The van der Waals surface area contributed by atoms with Crippen molar-refractivity contribution in [1.82, 2.24) is 0 Å². The van der Waals surface area contributed by atoms with Crippen molar-refractivity contribution in [2.24, 2.45) is 11.3 Å². The molecule has 0 aliphatic heterocycles. The van der Waals surface area contributed by atoms with Crippen LogP contribution in [0.2, 0.25) is 0 Å². The van der Waals surface area contributed by atoms with Gasteiger partial charge in [-0.25, -0.2) is 4.39 Å². The van der Waals surface area contributed by atoms with Crippen molar-refractivity contribution >= 4 is 0 Å². The molecular weight excluding hydrogens is 175 g/mol. The molecule has 1 aromatic rings. The monoisotopic (exact) mass is 190 g/mol. The van der Waals surface area contributed by atoms with Gasteiger partial charge in [0.25, 0.3) is 0 Å². The molecule has 0 amide bonds. The summed E-state index contributed by atoms with van der Waals surface area (Å²) >= 11 is 0. The Morgan fingerprint density at radius 3 is 2.43 bits per heavy atom. The van der Waals surface area contributed by atoms with Crippen LogP contribution in [-0.4, -0.2) is 0 Å². The van der Waals surface area contributed by atoms with Crippen LogP contribution in [-0.2, 0) is 0 Å². The summed E-state index contributed by atoms with van der Waals surface area (Å²) in [5.41, 5.74) is 1.98. The maximum atomic E-state index is 12.7. The highest BCUT2D eigenvalue weighted by molar-refractivity contribution is 5.28. The second-order valence-electron chi connectivity index (χ2n) is 5.16. The molecule has 0 saturated heterocycles. The summed E-state index contributed by atoms with van der Waals surface area (Å²) in [7, 11) is 0. The molecule has 2 fully saturated rings. The van der Waals surface area contributed by atoms with E-state index in [9.17, 15) is 4.39 Å². The largest absolute Gasteiger partial charge is 0.207 e. The Labute approximate surface area is 84.1 Å². The first-order valence-corrected chi connectivity index (χ1v) is 5.44. The molecule has 3 atom stereocenters. The van der Waals surface area contributed by atoms with E-state index in [4.69, 9.17) is 0 Å². The molecule has 0 spiro atoms. The van der Waals surface area contributed by atoms with E-state index in [0.29, 0.717) is 11.3 Å². The summed E-state index contributed by atoms with van der Waals surface area (Å²) in [6, 6.07) is 7.09. The standard InChI is InChI=1S/C13H15F/c1-13-7-6-12(13)11(8-13)9-2-4-10(14)5-3-9/h2-5,11-12H,6-8H2,1H3. The Morgan fingerprint density at radius 1 is 1.29 bits per heavy atom. The van der Waals surface area contributed by atoms with Crippen LogP contribution in [0.5, 0.6) is 0 Å². The van der Waals surface area contributed by atoms with Gasteiger partial charge >= 0.3 is 0 Å². The number of halogens is 1. The van der Waals surface area contributed by atoms with Crippen LogP contribution in [0.25, 0.3) is 0 Å². The van der Waals surface area contributed by atoms with Crippen molar-refractivity contribution in [3.05, 3.63) is 35.6 Å². The highest BCUT2D eigenvalue weighted by Crippen LogP contribution is 2.67. The summed E-state index contributed by atoms with van der Waals surface area (Å²) in [4.78, 5) is 0. The molecule has 2 saturated carbocycles. The molecule has 74 valence electrons. The first kappa shape index (κ1) is 8.46. The molecule has 0 N–H and O–H groups in total. The maximum absolute atomic E-state index is 12.7. The van der Waals surface area contributed by atoms with Gasteiger partial charge in [-0.2, -0.15) is 0 Å². The van der Waals surface area contributed by atoms with Gasteiger partial charge in [-0.3, -0.25) is 0 Å².